The molecule has 6 nitrogen and oxygen atoms in total. The van der Waals surface area contributed by atoms with E-state index in [0.717, 1.165) is 19.4 Å². The second-order valence-electron chi connectivity index (χ2n) is 5.58. The van der Waals surface area contributed by atoms with Crippen molar-refractivity contribution in [1.82, 2.24) is 9.97 Å². The summed E-state index contributed by atoms with van der Waals surface area (Å²) in [5.74, 6) is 1.73. The van der Waals surface area contributed by atoms with Gasteiger partial charge < -0.3 is 20.9 Å². The maximum Gasteiger partial charge on any atom is 0.158 e. The minimum Gasteiger partial charge on any atom is -0.396 e. The molecule has 0 aliphatic rings. The Kier molecular flexibility index (Phi) is 6.67. The van der Waals surface area contributed by atoms with Crippen molar-refractivity contribution < 1.29 is 9.84 Å². The number of aliphatic hydroxyl groups excluding tert-OH is 1. The molecule has 0 aliphatic carbocycles. The zero-order valence-electron chi connectivity index (χ0n) is 12.6. The molecule has 0 saturated heterocycles. The quantitative estimate of drug-likeness (QED) is 0.639. The van der Waals surface area contributed by atoms with Gasteiger partial charge in [-0.2, -0.15) is 0 Å². The summed E-state index contributed by atoms with van der Waals surface area (Å²) in [5, 5.41) is 12.2. The molecule has 0 saturated carbocycles. The van der Waals surface area contributed by atoms with E-state index in [2.05, 4.69) is 29.1 Å². The highest BCUT2D eigenvalue weighted by atomic mass is 16.5. The molecule has 0 amide bonds. The van der Waals surface area contributed by atoms with Gasteiger partial charge in [0.05, 0.1) is 0 Å². The minimum absolute atomic E-state index is 0.0858. The van der Waals surface area contributed by atoms with Gasteiger partial charge in [0.15, 0.2) is 5.82 Å². The molecular formula is C14H26N4O2. The lowest BCUT2D eigenvalue weighted by atomic mass is 9.88. The molecule has 0 atom stereocenters. The number of anilines is 2. The van der Waals surface area contributed by atoms with Crippen LogP contribution >= 0.6 is 0 Å². The maximum absolute atomic E-state index is 8.90. The predicted octanol–water partition coefficient (Wildman–Crippen LogP) is 1.81. The maximum atomic E-state index is 8.90. The van der Waals surface area contributed by atoms with Crippen molar-refractivity contribution in [2.24, 2.45) is 5.41 Å². The van der Waals surface area contributed by atoms with Crippen LogP contribution < -0.4 is 11.1 Å². The molecular weight excluding hydrogens is 256 g/mol. The van der Waals surface area contributed by atoms with Gasteiger partial charge in [-0.05, 0) is 25.2 Å². The Bertz CT molecular complexity index is 410. The van der Waals surface area contributed by atoms with Crippen LogP contribution in [0.25, 0.3) is 0 Å². The molecule has 114 valence electrons. The molecule has 6 heteroatoms. The van der Waals surface area contributed by atoms with Crippen molar-refractivity contribution in [2.45, 2.75) is 40.2 Å². The summed E-state index contributed by atoms with van der Waals surface area (Å²) in [4.78, 5) is 8.51. The summed E-state index contributed by atoms with van der Waals surface area (Å²) in [6, 6.07) is 1.72. The standard InChI is InChI=1S/C14H26N4O2/c1-4-20-9-13-17-11(15)8-12(18-13)16-10-14(2,3)6-5-7-19/h8,19H,4-7,9-10H2,1-3H3,(H3,15,16,17,18). The van der Waals surface area contributed by atoms with Crippen molar-refractivity contribution in [1.29, 1.82) is 0 Å². The molecule has 1 heterocycles. The number of rotatable bonds is 9. The summed E-state index contributed by atoms with van der Waals surface area (Å²) < 4.78 is 5.29. The Balaban J connectivity index is 2.60. The van der Waals surface area contributed by atoms with E-state index in [1.54, 1.807) is 6.07 Å². The van der Waals surface area contributed by atoms with E-state index in [4.69, 9.17) is 15.6 Å². The molecule has 0 unspecified atom stereocenters. The third kappa shape index (κ3) is 6.16. The third-order valence-corrected chi connectivity index (χ3v) is 2.99. The van der Waals surface area contributed by atoms with Gasteiger partial charge in [0, 0.05) is 25.8 Å². The topological polar surface area (TPSA) is 93.3 Å². The van der Waals surface area contributed by atoms with E-state index in [0.29, 0.717) is 30.7 Å². The molecule has 0 radical (unpaired) electrons. The number of aliphatic hydroxyl groups is 1. The fourth-order valence-corrected chi connectivity index (χ4v) is 1.84. The first-order valence-corrected chi connectivity index (χ1v) is 7.03. The monoisotopic (exact) mass is 282 g/mol. The third-order valence-electron chi connectivity index (χ3n) is 2.99. The smallest absolute Gasteiger partial charge is 0.158 e. The summed E-state index contributed by atoms with van der Waals surface area (Å²) >= 11 is 0. The molecule has 4 N–H and O–H groups in total. The number of nitrogens with zero attached hydrogens (tertiary/aromatic N) is 2. The Morgan fingerprint density at radius 3 is 2.80 bits per heavy atom. The summed E-state index contributed by atoms with van der Waals surface area (Å²) in [7, 11) is 0. The number of aromatic nitrogens is 2. The molecule has 0 aliphatic heterocycles. The van der Waals surface area contributed by atoms with Gasteiger partial charge in [-0.25, -0.2) is 9.97 Å². The molecule has 20 heavy (non-hydrogen) atoms. The summed E-state index contributed by atoms with van der Waals surface area (Å²) in [6.07, 6.45) is 1.75. The van der Waals surface area contributed by atoms with Crippen molar-refractivity contribution in [3.63, 3.8) is 0 Å². The van der Waals surface area contributed by atoms with Gasteiger partial charge in [-0.3, -0.25) is 0 Å². The highest BCUT2D eigenvalue weighted by molar-refractivity contribution is 5.44. The Morgan fingerprint density at radius 2 is 2.15 bits per heavy atom. The fraction of sp³-hybridized carbons (Fsp3) is 0.714. The number of hydrogen-bond donors (Lipinski definition) is 3. The molecule has 0 fully saturated rings. The number of nitrogens with one attached hydrogen (secondary N) is 1. The van der Waals surface area contributed by atoms with Crippen molar-refractivity contribution >= 4 is 11.6 Å². The van der Waals surface area contributed by atoms with E-state index >= 15 is 0 Å². The Hall–Kier alpha value is -1.40. The van der Waals surface area contributed by atoms with Crippen LogP contribution in [0.3, 0.4) is 0 Å². The molecule has 1 rings (SSSR count). The second-order valence-corrected chi connectivity index (χ2v) is 5.58. The van der Waals surface area contributed by atoms with Gasteiger partial charge >= 0.3 is 0 Å². The fourth-order valence-electron chi connectivity index (χ4n) is 1.84. The number of ether oxygens (including phenoxy) is 1. The van der Waals surface area contributed by atoms with Crippen LogP contribution in [0.2, 0.25) is 0 Å². The van der Waals surface area contributed by atoms with Crippen LogP contribution in [0, 0.1) is 5.41 Å². The predicted molar refractivity (Wildman–Crippen MR) is 80.4 cm³/mol. The van der Waals surface area contributed by atoms with Crippen LogP contribution in [0.5, 0.6) is 0 Å². The van der Waals surface area contributed by atoms with E-state index in [9.17, 15) is 0 Å². The van der Waals surface area contributed by atoms with Crippen molar-refractivity contribution in [3.8, 4) is 0 Å². The lowest BCUT2D eigenvalue weighted by Crippen LogP contribution is -2.24. The van der Waals surface area contributed by atoms with Crippen LogP contribution in [0.15, 0.2) is 6.07 Å². The van der Waals surface area contributed by atoms with Gasteiger partial charge in [0.25, 0.3) is 0 Å². The van der Waals surface area contributed by atoms with Crippen LogP contribution in [-0.2, 0) is 11.3 Å². The summed E-state index contributed by atoms with van der Waals surface area (Å²) in [5.41, 5.74) is 5.86. The first-order valence-electron chi connectivity index (χ1n) is 7.03. The largest absolute Gasteiger partial charge is 0.396 e. The van der Waals surface area contributed by atoms with E-state index < -0.39 is 0 Å². The molecule has 1 aromatic rings. The SMILES string of the molecule is CCOCc1nc(N)cc(NCC(C)(C)CCCO)n1. The molecule has 0 aromatic carbocycles. The average molecular weight is 282 g/mol. The molecule has 1 aromatic heterocycles. The van der Waals surface area contributed by atoms with Gasteiger partial charge in [0.2, 0.25) is 0 Å². The minimum atomic E-state index is 0.0858. The van der Waals surface area contributed by atoms with Gasteiger partial charge in [0.1, 0.15) is 18.2 Å². The van der Waals surface area contributed by atoms with Gasteiger partial charge in [-0.1, -0.05) is 13.8 Å². The normalized spacial score (nSPS) is 11.6. The van der Waals surface area contributed by atoms with E-state index in [1.807, 2.05) is 6.92 Å². The highest BCUT2D eigenvalue weighted by Gasteiger charge is 2.17. The lowest BCUT2D eigenvalue weighted by Gasteiger charge is -2.25. The molecule has 0 spiro atoms. The summed E-state index contributed by atoms with van der Waals surface area (Å²) in [6.45, 7) is 8.21. The average Bonchev–Trinajstić information content (AvgIpc) is 2.40. The van der Waals surface area contributed by atoms with Crippen molar-refractivity contribution in [2.75, 3.05) is 30.8 Å². The zero-order valence-corrected chi connectivity index (χ0v) is 12.6. The first kappa shape index (κ1) is 16.7. The van der Waals surface area contributed by atoms with Crippen LogP contribution in [-0.4, -0.2) is 34.8 Å². The Morgan fingerprint density at radius 1 is 1.40 bits per heavy atom. The van der Waals surface area contributed by atoms with Crippen LogP contribution in [0.1, 0.15) is 39.4 Å². The molecule has 0 bridgehead atoms. The lowest BCUT2D eigenvalue weighted by molar-refractivity contribution is 0.128. The highest BCUT2D eigenvalue weighted by Crippen LogP contribution is 2.22. The number of nitrogen functional groups attached to an aromatic ring is 1. The second kappa shape index (κ2) is 8.01. The number of hydrogen-bond acceptors (Lipinski definition) is 6. The van der Waals surface area contributed by atoms with Gasteiger partial charge in [-0.15, -0.1) is 0 Å². The van der Waals surface area contributed by atoms with E-state index in [-0.39, 0.29) is 12.0 Å². The van der Waals surface area contributed by atoms with E-state index in [1.165, 1.54) is 0 Å². The Labute approximate surface area is 120 Å². The first-order chi connectivity index (χ1) is 9.46. The number of nitrogens with two attached hydrogens (primary N) is 1. The zero-order chi connectivity index (χ0) is 15.0. The van der Waals surface area contributed by atoms with Crippen molar-refractivity contribution in [3.05, 3.63) is 11.9 Å². The van der Waals surface area contributed by atoms with Crippen LogP contribution in [0.4, 0.5) is 11.6 Å².